The van der Waals surface area contributed by atoms with Crippen LogP contribution in [0.15, 0.2) is 36.5 Å². The van der Waals surface area contributed by atoms with Gasteiger partial charge in [0, 0.05) is 24.5 Å². The zero-order valence-electron chi connectivity index (χ0n) is 28.9. The van der Waals surface area contributed by atoms with Gasteiger partial charge in [0.2, 0.25) is 0 Å². The monoisotopic (exact) mass is 650 g/mol. The predicted molar refractivity (Wildman–Crippen MR) is 182 cm³/mol. The average molecular weight is 651 g/mol. The Labute approximate surface area is 278 Å². The maximum absolute atomic E-state index is 10.3. The molecule has 0 unspecified atom stereocenters. The van der Waals surface area contributed by atoms with Crippen molar-refractivity contribution in [1.29, 1.82) is 0 Å². The number of hydrogen-bond acceptors (Lipinski definition) is 10. The molecule has 5 atom stereocenters. The summed E-state index contributed by atoms with van der Waals surface area (Å²) in [5, 5.41) is 48.6. The van der Waals surface area contributed by atoms with Crippen LogP contribution < -0.4 is 9.80 Å². The molecule has 2 aromatic carbocycles. The summed E-state index contributed by atoms with van der Waals surface area (Å²) in [7, 11) is 0. The number of anilines is 2. The topological polar surface area (TPSA) is 137 Å². The predicted octanol–water partition coefficient (Wildman–Crippen LogP) is 4.52. The minimum atomic E-state index is -1.51. The number of rotatable bonds is 11. The lowest BCUT2D eigenvalue weighted by Gasteiger charge is -2.39. The van der Waals surface area contributed by atoms with Crippen LogP contribution in [0.1, 0.15) is 107 Å². The molecule has 3 aromatic rings. The van der Waals surface area contributed by atoms with Crippen molar-refractivity contribution in [3.05, 3.63) is 71.1 Å². The van der Waals surface area contributed by atoms with E-state index < -0.39 is 37.3 Å². The maximum Gasteiger partial charge on any atom is 0.187 e. The summed E-state index contributed by atoms with van der Waals surface area (Å²) in [5.41, 5.74) is 9.13. The highest BCUT2D eigenvalue weighted by atomic mass is 16.7. The first kappa shape index (κ1) is 35.3. The van der Waals surface area contributed by atoms with Crippen molar-refractivity contribution in [3.8, 4) is 5.69 Å². The van der Waals surface area contributed by atoms with E-state index in [9.17, 15) is 20.4 Å². The highest BCUT2D eigenvalue weighted by Crippen LogP contribution is 2.42. The molecule has 11 nitrogen and oxygen atoms in total. The number of aromatic nitrogens is 3. The van der Waals surface area contributed by atoms with Crippen LogP contribution >= 0.6 is 0 Å². The fourth-order valence-electron chi connectivity index (χ4n) is 6.55. The molecule has 257 valence electrons. The molecule has 47 heavy (non-hydrogen) atoms. The molecule has 4 N–H and O–H groups in total. The third-order valence-electron chi connectivity index (χ3n) is 9.22. The number of para-hydroxylation sites is 1. The van der Waals surface area contributed by atoms with Crippen molar-refractivity contribution >= 4 is 11.4 Å². The zero-order valence-corrected chi connectivity index (χ0v) is 28.9. The lowest BCUT2D eigenvalue weighted by atomic mass is 9.91. The van der Waals surface area contributed by atoms with Gasteiger partial charge in [0.15, 0.2) is 6.29 Å². The Kier molecular flexibility index (Phi) is 10.9. The molecule has 2 fully saturated rings. The fraction of sp³-hybridized carbons (Fsp3) is 0.583. The van der Waals surface area contributed by atoms with E-state index in [-0.39, 0.29) is 18.4 Å². The van der Waals surface area contributed by atoms with Gasteiger partial charge in [-0.05, 0) is 58.1 Å². The Bertz CT molecular complexity index is 1450. The first-order valence-corrected chi connectivity index (χ1v) is 16.8. The van der Waals surface area contributed by atoms with Gasteiger partial charge >= 0.3 is 0 Å². The number of hydrogen-bond donors (Lipinski definition) is 4. The molecule has 11 heteroatoms. The van der Waals surface area contributed by atoms with Crippen molar-refractivity contribution in [2.45, 2.75) is 116 Å². The van der Waals surface area contributed by atoms with Gasteiger partial charge in [0.25, 0.3) is 0 Å². The van der Waals surface area contributed by atoms with Gasteiger partial charge in [-0.1, -0.05) is 78.8 Å². The lowest BCUT2D eigenvalue weighted by Crippen LogP contribution is -2.59. The van der Waals surface area contributed by atoms with Crippen LogP contribution in [0.25, 0.3) is 5.69 Å². The third kappa shape index (κ3) is 7.21. The molecule has 5 rings (SSSR count). The Morgan fingerprint density at radius 3 is 1.83 bits per heavy atom. The molecule has 2 aliphatic rings. The van der Waals surface area contributed by atoms with Crippen LogP contribution in [-0.2, 0) is 16.1 Å². The van der Waals surface area contributed by atoms with Gasteiger partial charge in [-0.2, -0.15) is 0 Å². The number of benzene rings is 2. The molecule has 0 spiro atoms. The third-order valence-corrected chi connectivity index (χ3v) is 9.22. The van der Waals surface area contributed by atoms with Crippen molar-refractivity contribution in [2.24, 2.45) is 0 Å². The first-order chi connectivity index (χ1) is 22.3. The van der Waals surface area contributed by atoms with Crippen LogP contribution in [0, 0.1) is 6.67 Å². The maximum atomic E-state index is 10.3. The second-order valence-electron chi connectivity index (χ2n) is 14.0. The van der Waals surface area contributed by atoms with Crippen LogP contribution in [0.5, 0.6) is 0 Å². The van der Waals surface area contributed by atoms with E-state index in [1.165, 1.54) is 33.6 Å². The second kappa shape index (κ2) is 14.6. The van der Waals surface area contributed by atoms with Crippen molar-refractivity contribution in [3.63, 3.8) is 0 Å². The van der Waals surface area contributed by atoms with E-state index in [1.807, 2.05) is 0 Å². The van der Waals surface area contributed by atoms with Crippen LogP contribution in [0.4, 0.5) is 11.4 Å². The highest BCUT2D eigenvalue weighted by molar-refractivity contribution is 5.71. The summed E-state index contributed by atoms with van der Waals surface area (Å²) >= 11 is 0. The van der Waals surface area contributed by atoms with Crippen LogP contribution in [0.2, 0.25) is 0 Å². The average Bonchev–Trinajstić information content (AvgIpc) is 3.72. The molecule has 0 bridgehead atoms. The molecule has 0 amide bonds. The Morgan fingerprint density at radius 2 is 1.32 bits per heavy atom. The zero-order chi connectivity index (χ0) is 34.2. The van der Waals surface area contributed by atoms with Crippen LogP contribution in [0.3, 0.4) is 0 Å². The van der Waals surface area contributed by atoms with Gasteiger partial charge in [-0.15, -0.1) is 5.10 Å². The normalized spacial score (nSPS) is 23.7. The van der Waals surface area contributed by atoms with E-state index in [1.54, 1.807) is 10.9 Å². The summed E-state index contributed by atoms with van der Waals surface area (Å²) < 4.78 is 12.9. The number of nitrogens with zero attached hydrogens (tertiary/aromatic N) is 5. The Hall–Kier alpha value is -3.06. The van der Waals surface area contributed by atoms with Crippen molar-refractivity contribution in [1.82, 2.24) is 15.0 Å². The van der Waals surface area contributed by atoms with Gasteiger partial charge in [0.1, 0.15) is 36.8 Å². The largest absolute Gasteiger partial charge is 0.394 e. The molecule has 3 heterocycles. The fourth-order valence-corrected chi connectivity index (χ4v) is 6.55. The number of aliphatic hydroxyl groups excluding tert-OH is 4. The molecule has 1 aromatic heterocycles. The Balaban J connectivity index is 1.41. The summed E-state index contributed by atoms with van der Waals surface area (Å²) in [6.07, 6.45) is -4.95. The number of aliphatic hydroxyl groups is 4. The number of ether oxygens (including phenoxy) is 2. The van der Waals surface area contributed by atoms with Gasteiger partial charge in [-0.25, -0.2) is 4.68 Å². The van der Waals surface area contributed by atoms with Crippen molar-refractivity contribution in [2.75, 3.05) is 29.5 Å². The molecule has 0 aliphatic carbocycles. The summed E-state index contributed by atoms with van der Waals surface area (Å²) in [5.74, 6) is 1.32. The summed E-state index contributed by atoms with van der Waals surface area (Å²) in [6.45, 7) is 21.4. The summed E-state index contributed by atoms with van der Waals surface area (Å²) in [4.78, 5) is 4.85. The van der Waals surface area contributed by atoms with E-state index in [0.29, 0.717) is 17.5 Å². The standard InChI is InChI=1S/C36H52N5O6/c1-20(2)26-10-9-11-27(21(3)4)31(26)39-12-13-40(19-39)32-28(22(5)6)14-25(15-29(32)23(7)8)41-16-24(37-38-41)18-46-36-35(45)34(44)33(43)30(17-42)47-36/h9-11,14-16,19-23,30,33-36,42-45H,12-13,17-18H2,1-8H3/t30-,33-,34+,35-,36+/m1/s1. The van der Waals surface area contributed by atoms with Gasteiger partial charge in [-0.3, -0.25) is 0 Å². The van der Waals surface area contributed by atoms with Gasteiger partial charge < -0.3 is 39.7 Å². The molecule has 2 saturated heterocycles. The first-order valence-electron chi connectivity index (χ1n) is 16.8. The molecular formula is C36H52N5O6. The van der Waals surface area contributed by atoms with E-state index in [0.717, 1.165) is 18.8 Å². The second-order valence-corrected chi connectivity index (χ2v) is 14.0. The molecular weight excluding hydrogens is 598 g/mol. The molecule has 0 saturated carbocycles. The lowest BCUT2D eigenvalue weighted by molar-refractivity contribution is -0.304. The summed E-state index contributed by atoms with van der Waals surface area (Å²) in [6, 6.07) is 11.1. The van der Waals surface area contributed by atoms with Crippen molar-refractivity contribution < 1.29 is 29.9 Å². The molecule has 1 radical (unpaired) electrons. The smallest absolute Gasteiger partial charge is 0.187 e. The Morgan fingerprint density at radius 1 is 0.787 bits per heavy atom. The van der Waals surface area contributed by atoms with E-state index in [2.05, 4.69) is 113 Å². The van der Waals surface area contributed by atoms with E-state index >= 15 is 0 Å². The highest BCUT2D eigenvalue weighted by Gasteiger charge is 2.44. The quantitative estimate of drug-likeness (QED) is 0.235. The van der Waals surface area contributed by atoms with E-state index in [4.69, 9.17) is 9.47 Å². The van der Waals surface area contributed by atoms with Gasteiger partial charge in [0.05, 0.1) is 25.1 Å². The minimum Gasteiger partial charge on any atom is -0.394 e. The van der Waals surface area contributed by atoms with Crippen LogP contribution in [-0.4, -0.2) is 85.8 Å². The SMILES string of the molecule is CC(C)c1cccc(C(C)C)c1N1[CH]N(c2c(C(C)C)cc(-n3cc(CO[C@H]4O[C@H](CO)[C@@H](O)[C@H](O)[C@H]4O)nn3)cc2C(C)C)CC1. The minimum absolute atomic E-state index is 0.0519. The molecule has 2 aliphatic heterocycles.